The van der Waals surface area contributed by atoms with E-state index in [1.807, 2.05) is 6.92 Å². The number of hydrogen-bond donors (Lipinski definition) is 1. The Morgan fingerprint density at radius 1 is 1.40 bits per heavy atom. The SMILES string of the molecule is CCCN(N=O)C(=O)NC1CCCCC1. The zero-order chi connectivity index (χ0) is 11.1. The van der Waals surface area contributed by atoms with Crippen molar-refractivity contribution in [2.75, 3.05) is 6.54 Å². The summed E-state index contributed by atoms with van der Waals surface area (Å²) in [4.78, 5) is 21.9. The Hall–Kier alpha value is -1.13. The van der Waals surface area contributed by atoms with Crippen LogP contribution in [0, 0.1) is 4.91 Å². The number of nitrogens with zero attached hydrogens (tertiary/aromatic N) is 2. The molecule has 1 N–H and O–H groups in total. The lowest BCUT2D eigenvalue weighted by Gasteiger charge is -2.24. The second-order valence-corrected chi connectivity index (χ2v) is 3.99. The first kappa shape index (κ1) is 11.9. The van der Waals surface area contributed by atoms with Gasteiger partial charge < -0.3 is 5.32 Å². The number of carbonyl (C=O) groups excluding carboxylic acids is 1. The molecule has 0 saturated heterocycles. The van der Waals surface area contributed by atoms with Crippen LogP contribution in [0.5, 0.6) is 0 Å². The molecule has 1 rings (SSSR count). The molecule has 86 valence electrons. The van der Waals surface area contributed by atoms with E-state index in [0.29, 0.717) is 6.54 Å². The highest BCUT2D eigenvalue weighted by Crippen LogP contribution is 2.17. The lowest BCUT2D eigenvalue weighted by Crippen LogP contribution is -2.43. The predicted octanol–water partition coefficient (Wildman–Crippen LogP) is 2.42. The molecule has 0 radical (unpaired) electrons. The summed E-state index contributed by atoms with van der Waals surface area (Å²) in [5.41, 5.74) is 0. The van der Waals surface area contributed by atoms with Gasteiger partial charge in [0.25, 0.3) is 0 Å². The van der Waals surface area contributed by atoms with Crippen molar-refractivity contribution in [3.63, 3.8) is 0 Å². The quantitative estimate of drug-likeness (QED) is 0.575. The number of rotatable bonds is 4. The molecule has 5 nitrogen and oxygen atoms in total. The van der Waals surface area contributed by atoms with Crippen LogP contribution in [-0.4, -0.2) is 23.6 Å². The van der Waals surface area contributed by atoms with Crippen LogP contribution in [0.3, 0.4) is 0 Å². The van der Waals surface area contributed by atoms with Crippen LogP contribution >= 0.6 is 0 Å². The van der Waals surface area contributed by atoms with Gasteiger partial charge in [0.1, 0.15) is 0 Å². The Labute approximate surface area is 90.2 Å². The van der Waals surface area contributed by atoms with Crippen LogP contribution in [0.15, 0.2) is 5.29 Å². The van der Waals surface area contributed by atoms with Gasteiger partial charge >= 0.3 is 6.03 Å². The van der Waals surface area contributed by atoms with Gasteiger partial charge in [-0.2, -0.15) is 5.01 Å². The number of amides is 2. The standard InChI is InChI=1S/C10H19N3O2/c1-2-8-13(12-15)10(14)11-9-6-4-3-5-7-9/h9H,2-8H2,1H3,(H,11,14). The van der Waals surface area contributed by atoms with Crippen molar-refractivity contribution >= 4 is 6.03 Å². The topological polar surface area (TPSA) is 61.8 Å². The Balaban J connectivity index is 2.34. The Kier molecular flexibility index (Phi) is 5.07. The summed E-state index contributed by atoms with van der Waals surface area (Å²) in [6, 6.07) is -0.119. The molecule has 1 aliphatic carbocycles. The predicted molar refractivity (Wildman–Crippen MR) is 58.2 cm³/mol. The minimum Gasteiger partial charge on any atom is -0.334 e. The maximum Gasteiger partial charge on any atom is 0.340 e. The van der Waals surface area contributed by atoms with Crippen LogP contribution in [0.4, 0.5) is 4.79 Å². The summed E-state index contributed by atoms with van der Waals surface area (Å²) in [5.74, 6) is 0. The van der Waals surface area contributed by atoms with E-state index in [4.69, 9.17) is 0 Å². The summed E-state index contributed by atoms with van der Waals surface area (Å²) in [5, 5.41) is 6.53. The summed E-state index contributed by atoms with van der Waals surface area (Å²) in [6.07, 6.45) is 6.34. The maximum absolute atomic E-state index is 11.6. The van der Waals surface area contributed by atoms with Gasteiger partial charge in [0, 0.05) is 12.6 Å². The molecule has 1 fully saturated rings. The van der Waals surface area contributed by atoms with Crippen LogP contribution in [0.1, 0.15) is 45.4 Å². The third-order valence-electron chi connectivity index (χ3n) is 2.70. The van der Waals surface area contributed by atoms with E-state index in [1.54, 1.807) is 0 Å². The maximum atomic E-state index is 11.6. The van der Waals surface area contributed by atoms with Crippen molar-refractivity contribution in [3.05, 3.63) is 4.91 Å². The minimum absolute atomic E-state index is 0.229. The first-order valence-electron chi connectivity index (χ1n) is 5.69. The second-order valence-electron chi connectivity index (χ2n) is 3.99. The third kappa shape index (κ3) is 3.85. The van der Waals surface area contributed by atoms with Crippen molar-refractivity contribution in [2.45, 2.75) is 51.5 Å². The molecule has 0 aromatic heterocycles. The van der Waals surface area contributed by atoms with Gasteiger partial charge in [0.2, 0.25) is 0 Å². The molecule has 0 aromatic rings. The first-order valence-corrected chi connectivity index (χ1v) is 5.69. The van der Waals surface area contributed by atoms with Crippen molar-refractivity contribution in [2.24, 2.45) is 5.29 Å². The van der Waals surface area contributed by atoms with E-state index in [1.165, 1.54) is 6.42 Å². The van der Waals surface area contributed by atoms with Gasteiger partial charge in [-0.15, -0.1) is 4.91 Å². The van der Waals surface area contributed by atoms with Crippen molar-refractivity contribution in [1.82, 2.24) is 10.3 Å². The summed E-state index contributed by atoms with van der Waals surface area (Å²) in [7, 11) is 0. The number of nitroso groups, excluding NO2 is 1. The molecule has 0 aromatic carbocycles. The Morgan fingerprint density at radius 3 is 2.60 bits per heavy atom. The lowest BCUT2D eigenvalue weighted by atomic mass is 9.96. The molecule has 1 saturated carbocycles. The van der Waals surface area contributed by atoms with Crippen LogP contribution < -0.4 is 5.32 Å². The average Bonchev–Trinajstić information content (AvgIpc) is 2.27. The average molecular weight is 213 g/mol. The van der Waals surface area contributed by atoms with Gasteiger partial charge in [-0.3, -0.25) is 0 Å². The molecule has 2 amide bonds. The Bertz CT molecular complexity index is 215. The molecule has 0 aliphatic heterocycles. The molecule has 0 heterocycles. The highest BCUT2D eigenvalue weighted by Gasteiger charge is 2.19. The highest BCUT2D eigenvalue weighted by molar-refractivity contribution is 5.74. The van der Waals surface area contributed by atoms with Crippen molar-refractivity contribution < 1.29 is 4.79 Å². The molecule has 0 bridgehead atoms. The van der Waals surface area contributed by atoms with Gasteiger partial charge in [0.15, 0.2) is 0 Å². The number of hydrogen-bond acceptors (Lipinski definition) is 3. The van der Waals surface area contributed by atoms with Crippen molar-refractivity contribution in [3.8, 4) is 0 Å². The van der Waals surface area contributed by atoms with E-state index >= 15 is 0 Å². The smallest absolute Gasteiger partial charge is 0.334 e. The molecule has 0 unspecified atom stereocenters. The second kappa shape index (κ2) is 6.37. The fourth-order valence-electron chi connectivity index (χ4n) is 1.89. The van der Waals surface area contributed by atoms with E-state index in [0.717, 1.165) is 37.1 Å². The zero-order valence-corrected chi connectivity index (χ0v) is 9.24. The van der Waals surface area contributed by atoms with Crippen LogP contribution in [0.25, 0.3) is 0 Å². The fraction of sp³-hybridized carbons (Fsp3) is 0.900. The fourth-order valence-corrected chi connectivity index (χ4v) is 1.89. The first-order chi connectivity index (χ1) is 7.27. The summed E-state index contributed by atoms with van der Waals surface area (Å²) < 4.78 is 0. The highest BCUT2D eigenvalue weighted by atomic mass is 16.3. The molecule has 1 aliphatic rings. The molecule has 0 spiro atoms. The van der Waals surface area contributed by atoms with E-state index in [-0.39, 0.29) is 12.1 Å². The third-order valence-corrected chi connectivity index (χ3v) is 2.70. The van der Waals surface area contributed by atoms with Gasteiger partial charge in [0.05, 0.1) is 5.29 Å². The summed E-state index contributed by atoms with van der Waals surface area (Å²) in [6.45, 7) is 2.30. The van der Waals surface area contributed by atoms with Crippen LogP contribution in [-0.2, 0) is 0 Å². The largest absolute Gasteiger partial charge is 0.340 e. The Morgan fingerprint density at radius 2 is 2.07 bits per heavy atom. The number of nitrogens with one attached hydrogen (secondary N) is 1. The van der Waals surface area contributed by atoms with E-state index in [9.17, 15) is 9.70 Å². The number of carbonyl (C=O) groups is 1. The van der Waals surface area contributed by atoms with E-state index in [2.05, 4.69) is 10.6 Å². The van der Waals surface area contributed by atoms with Crippen molar-refractivity contribution in [1.29, 1.82) is 0 Å². The monoisotopic (exact) mass is 213 g/mol. The molecule has 5 heteroatoms. The minimum atomic E-state index is -0.348. The van der Waals surface area contributed by atoms with Gasteiger partial charge in [-0.05, 0) is 19.3 Å². The van der Waals surface area contributed by atoms with E-state index < -0.39 is 0 Å². The summed E-state index contributed by atoms with van der Waals surface area (Å²) >= 11 is 0. The van der Waals surface area contributed by atoms with Gasteiger partial charge in [-0.1, -0.05) is 26.2 Å². The molecule has 0 atom stereocenters. The molecular formula is C10H19N3O2. The normalized spacial score (nSPS) is 17.1. The molecular weight excluding hydrogens is 194 g/mol. The molecule has 15 heavy (non-hydrogen) atoms. The lowest BCUT2D eigenvalue weighted by molar-refractivity contribution is 0.191. The number of urea groups is 1. The van der Waals surface area contributed by atoms with Crippen LogP contribution in [0.2, 0.25) is 0 Å². The zero-order valence-electron chi connectivity index (χ0n) is 9.24. The van der Waals surface area contributed by atoms with Gasteiger partial charge in [-0.25, -0.2) is 4.79 Å².